The molecule has 0 aromatic rings. The SMILES string of the molecule is C[C@@H](O)[C@H](N)C(=O)N[C@@H](CCCN=C(N)N)C(=O)N[C@@H](CCCN=C(N)N)C(=O)N[C@@H](CS)C(=O)N[C@@H](CCCN=C(N)N)C(=O)O. The number of hydrogen-bond acceptors (Lipinski definition) is 11. The number of hydrogen-bond donors (Lipinski definition) is 14. The van der Waals surface area contributed by atoms with Gasteiger partial charge in [-0.25, -0.2) is 4.79 Å². The topological polar surface area (TPSA) is 393 Å². The number of thiol groups is 1. The molecular formula is C25H50N14O7S. The van der Waals surface area contributed by atoms with Gasteiger partial charge in [0.1, 0.15) is 30.2 Å². The van der Waals surface area contributed by atoms with E-state index in [0.717, 1.165) is 0 Å². The first kappa shape index (κ1) is 42.4. The molecule has 0 aromatic carbocycles. The Morgan fingerprint density at radius 2 is 0.936 bits per heavy atom. The molecule has 0 radical (unpaired) electrons. The van der Waals surface area contributed by atoms with Crippen LogP contribution < -0.4 is 61.4 Å². The van der Waals surface area contributed by atoms with Crippen LogP contribution in [0.1, 0.15) is 45.4 Å². The zero-order valence-corrected chi connectivity index (χ0v) is 27.2. The smallest absolute Gasteiger partial charge is 0.326 e. The van der Waals surface area contributed by atoms with E-state index in [0.29, 0.717) is 0 Å². The first-order chi connectivity index (χ1) is 22.0. The number of aliphatic hydroxyl groups is 1. The van der Waals surface area contributed by atoms with Crippen LogP contribution in [0.25, 0.3) is 0 Å². The van der Waals surface area contributed by atoms with Gasteiger partial charge >= 0.3 is 5.97 Å². The summed E-state index contributed by atoms with van der Waals surface area (Å²) in [5.41, 5.74) is 37.6. The summed E-state index contributed by atoms with van der Waals surface area (Å²) in [5.74, 6) is -5.35. The fourth-order valence-corrected chi connectivity index (χ4v) is 4.06. The average Bonchev–Trinajstić information content (AvgIpc) is 2.98. The van der Waals surface area contributed by atoms with Crippen LogP contribution >= 0.6 is 12.6 Å². The van der Waals surface area contributed by atoms with E-state index in [9.17, 15) is 34.2 Å². The maximum atomic E-state index is 13.4. The normalized spacial score (nSPS) is 14.5. The Morgan fingerprint density at radius 1 is 0.617 bits per heavy atom. The molecule has 0 spiro atoms. The summed E-state index contributed by atoms with van der Waals surface area (Å²) >= 11 is 4.12. The molecular weight excluding hydrogens is 640 g/mol. The van der Waals surface area contributed by atoms with Gasteiger partial charge in [-0.3, -0.25) is 34.2 Å². The van der Waals surface area contributed by atoms with Crippen LogP contribution in [0.2, 0.25) is 0 Å². The standard InChI is InChI=1S/C25H50N14O7S/c1-12(40)17(26)21(44)37-14(6-3-9-34-24(29)30)18(41)36-13(5-2-8-33-23(27)28)19(42)39-16(11-47)20(43)38-15(22(45)46)7-4-10-35-25(31)32/h12-17,40,47H,2-11,26H2,1H3,(H,36,41)(H,37,44)(H,38,43)(H,39,42)(H,45,46)(H4,27,28,33)(H4,29,30,34)(H4,31,32,35)/t12-,13+,14+,15+,16+,17+/m1/s1. The third-order valence-electron chi connectivity index (χ3n) is 6.35. The minimum atomic E-state index is -1.35. The van der Waals surface area contributed by atoms with Gasteiger partial charge in [-0.2, -0.15) is 12.6 Å². The van der Waals surface area contributed by atoms with E-state index in [1.165, 1.54) is 6.92 Å². The minimum absolute atomic E-state index is 0.0103. The van der Waals surface area contributed by atoms with E-state index in [2.05, 4.69) is 48.9 Å². The molecule has 268 valence electrons. The molecule has 0 aliphatic rings. The lowest BCUT2D eigenvalue weighted by atomic mass is 10.1. The summed E-state index contributed by atoms with van der Waals surface area (Å²) in [6.45, 7) is 1.66. The Balaban J connectivity index is 5.91. The highest BCUT2D eigenvalue weighted by atomic mass is 32.1. The number of carbonyl (C=O) groups is 5. The number of guanidine groups is 3. The molecule has 6 atom stereocenters. The monoisotopic (exact) mass is 690 g/mol. The molecule has 0 aliphatic heterocycles. The van der Waals surface area contributed by atoms with Crippen molar-refractivity contribution in [3.8, 4) is 0 Å². The molecule has 0 heterocycles. The van der Waals surface area contributed by atoms with Gasteiger partial charge in [0, 0.05) is 25.4 Å². The number of aliphatic hydroxyl groups excluding tert-OH is 1. The van der Waals surface area contributed by atoms with E-state index >= 15 is 0 Å². The lowest BCUT2D eigenvalue weighted by Crippen LogP contribution is -2.59. The number of nitrogens with one attached hydrogen (secondary N) is 4. The Morgan fingerprint density at radius 3 is 1.28 bits per heavy atom. The lowest BCUT2D eigenvalue weighted by Gasteiger charge is -2.26. The van der Waals surface area contributed by atoms with Gasteiger partial charge in [-0.15, -0.1) is 0 Å². The number of carboxylic acids is 1. The van der Waals surface area contributed by atoms with Crippen LogP contribution in [-0.2, 0) is 24.0 Å². The Kier molecular flexibility index (Phi) is 20.6. The van der Waals surface area contributed by atoms with Crippen LogP contribution in [0, 0.1) is 0 Å². The first-order valence-electron chi connectivity index (χ1n) is 14.6. The van der Waals surface area contributed by atoms with Crippen LogP contribution in [0.4, 0.5) is 0 Å². The highest BCUT2D eigenvalue weighted by Crippen LogP contribution is 2.06. The third-order valence-corrected chi connectivity index (χ3v) is 6.72. The van der Waals surface area contributed by atoms with Crippen molar-refractivity contribution in [3.05, 3.63) is 0 Å². The van der Waals surface area contributed by atoms with E-state index in [1.807, 2.05) is 0 Å². The van der Waals surface area contributed by atoms with E-state index in [4.69, 9.17) is 40.1 Å². The predicted molar refractivity (Wildman–Crippen MR) is 179 cm³/mol. The molecule has 22 heteroatoms. The molecule has 47 heavy (non-hydrogen) atoms. The maximum absolute atomic E-state index is 13.4. The highest BCUT2D eigenvalue weighted by Gasteiger charge is 2.31. The number of aliphatic carboxylic acids is 1. The molecule has 21 nitrogen and oxygen atoms in total. The number of nitrogens with zero attached hydrogens (tertiary/aromatic N) is 3. The molecule has 0 fully saturated rings. The van der Waals surface area contributed by atoms with Gasteiger partial charge in [-0.1, -0.05) is 0 Å². The molecule has 0 aromatic heterocycles. The van der Waals surface area contributed by atoms with E-state index in [1.54, 1.807) is 0 Å². The van der Waals surface area contributed by atoms with Gasteiger partial charge < -0.3 is 71.6 Å². The molecule has 0 rings (SSSR count). The summed E-state index contributed by atoms with van der Waals surface area (Å²) in [6, 6.07) is -6.47. The second-order valence-corrected chi connectivity index (χ2v) is 10.7. The maximum Gasteiger partial charge on any atom is 0.326 e. The van der Waals surface area contributed by atoms with Crippen molar-refractivity contribution in [2.75, 3.05) is 25.4 Å². The lowest BCUT2D eigenvalue weighted by molar-refractivity contribution is -0.142. The van der Waals surface area contributed by atoms with E-state index < -0.39 is 65.9 Å². The van der Waals surface area contributed by atoms with Crippen molar-refractivity contribution >= 4 is 60.1 Å². The molecule has 20 N–H and O–H groups in total. The van der Waals surface area contributed by atoms with Crippen LogP contribution in [0.5, 0.6) is 0 Å². The Labute approximate surface area is 277 Å². The van der Waals surface area contributed by atoms with Gasteiger partial charge in [-0.05, 0) is 45.4 Å². The quantitative estimate of drug-likeness (QED) is 0.0205. The van der Waals surface area contributed by atoms with Gasteiger partial charge in [0.15, 0.2) is 17.9 Å². The zero-order chi connectivity index (χ0) is 36.1. The van der Waals surface area contributed by atoms with Crippen LogP contribution in [0.15, 0.2) is 15.0 Å². The molecule has 4 amide bonds. The van der Waals surface area contributed by atoms with Gasteiger partial charge in [0.2, 0.25) is 23.6 Å². The summed E-state index contributed by atoms with van der Waals surface area (Å²) in [7, 11) is 0. The van der Waals surface area contributed by atoms with Crippen molar-refractivity contribution < 1.29 is 34.2 Å². The number of carboxylic acid groups (broad SMARTS) is 1. The molecule has 0 saturated heterocycles. The first-order valence-corrected chi connectivity index (χ1v) is 15.3. The number of carbonyl (C=O) groups excluding carboxylic acids is 4. The number of amides is 4. The fraction of sp³-hybridized carbons (Fsp3) is 0.680. The zero-order valence-electron chi connectivity index (χ0n) is 26.3. The largest absolute Gasteiger partial charge is 0.480 e. The number of rotatable bonds is 23. The van der Waals surface area contributed by atoms with E-state index in [-0.39, 0.29) is 81.8 Å². The Hall–Kier alpha value is -4.57. The average molecular weight is 691 g/mol. The van der Waals surface area contributed by atoms with Crippen LogP contribution in [0.3, 0.4) is 0 Å². The van der Waals surface area contributed by atoms with Crippen molar-refractivity contribution in [2.24, 2.45) is 55.1 Å². The Bertz CT molecular complexity index is 1130. The molecule has 0 bridgehead atoms. The summed E-state index contributed by atoms with van der Waals surface area (Å²) in [5, 5.41) is 29.1. The molecule has 0 saturated carbocycles. The third kappa shape index (κ3) is 18.9. The predicted octanol–water partition coefficient (Wildman–Crippen LogP) is -6.19. The minimum Gasteiger partial charge on any atom is -0.480 e. The van der Waals surface area contributed by atoms with Crippen LogP contribution in [-0.4, -0.2) is 119 Å². The highest BCUT2D eigenvalue weighted by molar-refractivity contribution is 7.80. The second-order valence-electron chi connectivity index (χ2n) is 10.4. The summed E-state index contributed by atoms with van der Waals surface area (Å²) < 4.78 is 0. The summed E-state index contributed by atoms with van der Waals surface area (Å²) in [6.07, 6.45) is -0.548. The van der Waals surface area contributed by atoms with Gasteiger partial charge in [0.05, 0.1) is 6.10 Å². The summed E-state index contributed by atoms with van der Waals surface area (Å²) in [4.78, 5) is 75.5. The number of nitrogens with two attached hydrogens (primary N) is 7. The van der Waals surface area contributed by atoms with Crippen molar-refractivity contribution in [1.82, 2.24) is 21.3 Å². The van der Waals surface area contributed by atoms with Crippen molar-refractivity contribution in [2.45, 2.75) is 81.8 Å². The molecule has 0 unspecified atom stereocenters. The van der Waals surface area contributed by atoms with Gasteiger partial charge in [0.25, 0.3) is 0 Å². The van der Waals surface area contributed by atoms with Crippen molar-refractivity contribution in [3.63, 3.8) is 0 Å². The fourth-order valence-electron chi connectivity index (χ4n) is 3.80. The second kappa shape index (κ2) is 22.9. The molecule has 0 aliphatic carbocycles. The number of aliphatic imine (C=N–C) groups is 3. The van der Waals surface area contributed by atoms with Crippen molar-refractivity contribution in [1.29, 1.82) is 0 Å².